The fraction of sp³-hybridized carbons (Fsp3) is 0.444. The van der Waals surface area contributed by atoms with Crippen LogP contribution in [0, 0.1) is 17.0 Å². The van der Waals surface area contributed by atoms with Crippen LogP contribution >= 0.6 is 11.6 Å². The van der Waals surface area contributed by atoms with Crippen molar-refractivity contribution in [3.63, 3.8) is 0 Å². The molecule has 0 unspecified atom stereocenters. The zero-order valence-corrected chi connectivity index (χ0v) is 16.8. The molecular weight excluding hydrogens is 427 g/mol. The lowest BCUT2D eigenvalue weighted by Gasteiger charge is -2.34. The molecule has 1 aromatic carbocycles. The average molecular weight is 446 g/mol. The second-order valence-corrected chi connectivity index (χ2v) is 7.41. The Labute approximate surface area is 175 Å². The molecule has 1 aliphatic rings. The van der Waals surface area contributed by atoms with Crippen molar-refractivity contribution in [2.24, 2.45) is 0 Å². The Morgan fingerprint density at radius 2 is 1.80 bits per heavy atom. The van der Waals surface area contributed by atoms with E-state index < -0.39 is 34.9 Å². The van der Waals surface area contributed by atoms with Crippen molar-refractivity contribution in [1.82, 2.24) is 19.6 Å². The monoisotopic (exact) mass is 445 g/mol. The summed E-state index contributed by atoms with van der Waals surface area (Å²) in [5, 5.41) is 15.0. The number of benzene rings is 1. The van der Waals surface area contributed by atoms with Gasteiger partial charge in [-0.3, -0.25) is 24.5 Å². The van der Waals surface area contributed by atoms with Gasteiger partial charge in [0.2, 0.25) is 11.6 Å². The van der Waals surface area contributed by atoms with E-state index in [1.54, 1.807) is 12.1 Å². The van der Waals surface area contributed by atoms with Crippen molar-refractivity contribution in [2.75, 3.05) is 26.2 Å². The van der Waals surface area contributed by atoms with Crippen LogP contribution < -0.4 is 0 Å². The van der Waals surface area contributed by atoms with E-state index in [-0.39, 0.29) is 5.69 Å². The molecule has 0 spiro atoms. The van der Waals surface area contributed by atoms with E-state index >= 15 is 0 Å². The molecule has 30 heavy (non-hydrogen) atoms. The Hall–Kier alpha value is -2.66. The highest BCUT2D eigenvalue weighted by Crippen LogP contribution is 2.36. The molecule has 0 atom stereocenters. The minimum Gasteiger partial charge on any atom is -0.339 e. The van der Waals surface area contributed by atoms with E-state index in [1.165, 1.54) is 4.90 Å². The van der Waals surface area contributed by atoms with Crippen molar-refractivity contribution in [3.05, 3.63) is 56.4 Å². The van der Waals surface area contributed by atoms with Gasteiger partial charge in [0.25, 0.3) is 0 Å². The van der Waals surface area contributed by atoms with E-state index in [0.717, 1.165) is 17.2 Å². The van der Waals surface area contributed by atoms with Crippen molar-refractivity contribution in [1.29, 1.82) is 0 Å². The van der Waals surface area contributed by atoms with Crippen LogP contribution in [0.1, 0.15) is 17.0 Å². The van der Waals surface area contributed by atoms with Gasteiger partial charge in [-0.05, 0) is 24.6 Å². The van der Waals surface area contributed by atoms with Gasteiger partial charge in [-0.1, -0.05) is 23.7 Å². The minimum absolute atomic E-state index is 0.304. The number of carbonyl (C=O) groups is 1. The summed E-state index contributed by atoms with van der Waals surface area (Å²) in [6.45, 7) is 3.36. The summed E-state index contributed by atoms with van der Waals surface area (Å²) < 4.78 is 39.9. The fourth-order valence-corrected chi connectivity index (χ4v) is 3.46. The van der Waals surface area contributed by atoms with Gasteiger partial charge in [-0.15, -0.1) is 0 Å². The molecule has 12 heteroatoms. The number of halogens is 4. The Morgan fingerprint density at radius 3 is 2.30 bits per heavy atom. The lowest BCUT2D eigenvalue weighted by Crippen LogP contribution is -2.49. The quantitative estimate of drug-likeness (QED) is 0.521. The summed E-state index contributed by atoms with van der Waals surface area (Å²) in [5.41, 5.74) is -1.94. The third-order valence-electron chi connectivity index (χ3n) is 4.96. The summed E-state index contributed by atoms with van der Waals surface area (Å²) in [5.74, 6) is -0.435. The van der Waals surface area contributed by atoms with E-state index in [2.05, 4.69) is 10.00 Å². The molecule has 0 N–H and O–H groups in total. The lowest BCUT2D eigenvalue weighted by molar-refractivity contribution is -0.388. The molecule has 3 rings (SSSR count). The van der Waals surface area contributed by atoms with Crippen LogP contribution in [-0.2, 0) is 24.1 Å². The fourth-order valence-electron chi connectivity index (χ4n) is 3.33. The third kappa shape index (κ3) is 4.90. The molecule has 0 radical (unpaired) electrons. The summed E-state index contributed by atoms with van der Waals surface area (Å²) in [7, 11) is 0. The highest BCUT2D eigenvalue weighted by Gasteiger charge is 2.44. The van der Waals surface area contributed by atoms with Crippen LogP contribution in [0.4, 0.5) is 18.9 Å². The largest absolute Gasteiger partial charge is 0.442 e. The number of alkyl halides is 3. The number of nitrogens with zero attached hydrogens (tertiary/aromatic N) is 5. The van der Waals surface area contributed by atoms with Crippen molar-refractivity contribution in [3.8, 4) is 0 Å². The van der Waals surface area contributed by atoms with Gasteiger partial charge >= 0.3 is 11.9 Å². The van der Waals surface area contributed by atoms with E-state index in [4.69, 9.17) is 11.6 Å². The van der Waals surface area contributed by atoms with Crippen LogP contribution in [0.25, 0.3) is 0 Å². The van der Waals surface area contributed by atoms with Crippen LogP contribution in [0.5, 0.6) is 0 Å². The van der Waals surface area contributed by atoms with Crippen molar-refractivity contribution in [2.45, 2.75) is 26.2 Å². The number of piperazine rings is 1. The maximum absolute atomic E-state index is 13.0. The molecule has 0 bridgehead atoms. The molecule has 1 aromatic heterocycles. The Kier molecular flexibility index (Phi) is 6.32. The Morgan fingerprint density at radius 1 is 1.20 bits per heavy atom. The molecule has 1 saturated heterocycles. The van der Waals surface area contributed by atoms with Crippen LogP contribution in [0.3, 0.4) is 0 Å². The number of hydrogen-bond donors (Lipinski definition) is 0. The van der Waals surface area contributed by atoms with E-state index in [0.29, 0.717) is 37.7 Å². The summed E-state index contributed by atoms with van der Waals surface area (Å²) in [6.07, 6.45) is -4.98. The van der Waals surface area contributed by atoms with Gasteiger partial charge in [-0.25, -0.2) is 0 Å². The number of rotatable bonds is 5. The first-order valence-electron chi connectivity index (χ1n) is 9.10. The number of carbonyl (C=O) groups excluding carboxylic acids is 1. The highest BCUT2D eigenvalue weighted by molar-refractivity contribution is 6.30. The Bertz CT molecular complexity index is 938. The number of nitro groups is 1. The summed E-state index contributed by atoms with van der Waals surface area (Å²) in [6, 6.07) is 7.45. The van der Waals surface area contributed by atoms with Gasteiger partial charge in [0, 0.05) is 37.7 Å². The van der Waals surface area contributed by atoms with Gasteiger partial charge in [0.05, 0.1) is 4.92 Å². The predicted molar refractivity (Wildman–Crippen MR) is 102 cm³/mol. The number of amides is 1. The van der Waals surface area contributed by atoms with Crippen LogP contribution in [0.2, 0.25) is 5.02 Å². The van der Waals surface area contributed by atoms with Gasteiger partial charge in [-0.2, -0.15) is 18.3 Å². The maximum Gasteiger partial charge on any atom is 0.442 e. The summed E-state index contributed by atoms with van der Waals surface area (Å²) >= 11 is 5.87. The zero-order chi connectivity index (χ0) is 22.1. The normalized spacial score (nSPS) is 15.4. The molecule has 1 aliphatic heterocycles. The standard InChI is InChI=1S/C18H19ClF3N5O3/c1-12-16(27(29)30)17(18(20,21)22)23-26(12)11-15(28)25-8-6-24(7-9-25)10-13-2-4-14(19)5-3-13/h2-5H,6-11H2,1H3. The predicted octanol–water partition coefficient (Wildman–Crippen LogP) is 3.12. The van der Waals surface area contributed by atoms with Crippen molar-refractivity contribution >= 4 is 23.2 Å². The smallest absolute Gasteiger partial charge is 0.339 e. The molecule has 2 aromatic rings. The molecule has 162 valence electrons. The van der Waals surface area contributed by atoms with Crippen LogP contribution in [0.15, 0.2) is 24.3 Å². The molecule has 1 fully saturated rings. The highest BCUT2D eigenvalue weighted by atomic mass is 35.5. The average Bonchev–Trinajstić information content (AvgIpc) is 3.01. The molecule has 2 heterocycles. The number of hydrogen-bond acceptors (Lipinski definition) is 5. The first kappa shape index (κ1) is 22.0. The van der Waals surface area contributed by atoms with Crippen LogP contribution in [-0.4, -0.2) is 56.6 Å². The lowest BCUT2D eigenvalue weighted by atomic mass is 10.2. The first-order valence-corrected chi connectivity index (χ1v) is 9.47. The first-order chi connectivity index (χ1) is 14.1. The van der Waals surface area contributed by atoms with Gasteiger partial charge < -0.3 is 4.90 Å². The second kappa shape index (κ2) is 8.60. The van der Waals surface area contributed by atoms with Crippen molar-refractivity contribution < 1.29 is 22.9 Å². The SMILES string of the molecule is Cc1c([N+](=O)[O-])c(C(F)(F)F)nn1CC(=O)N1CCN(Cc2ccc(Cl)cc2)CC1. The molecular formula is C18H19ClF3N5O3. The van der Waals surface area contributed by atoms with Gasteiger partial charge in [0.15, 0.2) is 0 Å². The second-order valence-electron chi connectivity index (χ2n) is 6.98. The molecule has 0 saturated carbocycles. The third-order valence-corrected chi connectivity index (χ3v) is 5.21. The number of aromatic nitrogens is 2. The topological polar surface area (TPSA) is 84.5 Å². The minimum atomic E-state index is -4.98. The van der Waals surface area contributed by atoms with E-state index in [1.807, 2.05) is 12.1 Å². The Balaban J connectivity index is 1.62. The molecule has 0 aliphatic carbocycles. The van der Waals surface area contributed by atoms with Gasteiger partial charge in [0.1, 0.15) is 12.2 Å². The zero-order valence-electron chi connectivity index (χ0n) is 16.0. The maximum atomic E-state index is 13.0. The van der Waals surface area contributed by atoms with E-state index in [9.17, 15) is 28.1 Å². The molecule has 1 amide bonds. The summed E-state index contributed by atoms with van der Waals surface area (Å²) in [4.78, 5) is 26.1. The molecule has 8 nitrogen and oxygen atoms in total.